The monoisotopic (exact) mass is 398 g/mol. The zero-order valence-corrected chi connectivity index (χ0v) is 16.1. The van der Waals surface area contributed by atoms with Crippen LogP contribution in [-0.2, 0) is 9.53 Å². The standard InChI is InChI=1S/C15H18N4O3S3/c1-9-5-11(23-7-9)13(21)17-14-18-19-15(25-14)24-8-12(20)16-6-10-3-2-4-22-10/h5,7,10H,2-4,6,8H2,1H3,(H,16,20)(H,17,18,21). The Morgan fingerprint density at radius 3 is 3.04 bits per heavy atom. The summed E-state index contributed by atoms with van der Waals surface area (Å²) in [6.45, 7) is 3.27. The van der Waals surface area contributed by atoms with Crippen LogP contribution in [0.1, 0.15) is 28.1 Å². The molecule has 10 heteroatoms. The van der Waals surface area contributed by atoms with Crippen molar-refractivity contribution in [3.63, 3.8) is 0 Å². The number of anilines is 1. The van der Waals surface area contributed by atoms with Crippen molar-refractivity contribution in [3.05, 3.63) is 21.9 Å². The Morgan fingerprint density at radius 2 is 2.32 bits per heavy atom. The van der Waals surface area contributed by atoms with Crippen LogP contribution in [0, 0.1) is 6.92 Å². The molecule has 1 fully saturated rings. The number of nitrogens with one attached hydrogen (secondary N) is 2. The molecule has 0 saturated carbocycles. The molecular formula is C15H18N4O3S3. The first-order valence-corrected chi connectivity index (χ1v) is 10.5. The van der Waals surface area contributed by atoms with E-state index in [0.29, 0.717) is 20.9 Å². The number of amides is 2. The smallest absolute Gasteiger partial charge is 0.267 e. The quantitative estimate of drug-likeness (QED) is 0.550. The Kier molecular flexibility index (Phi) is 6.40. The van der Waals surface area contributed by atoms with Crippen LogP contribution in [-0.4, -0.2) is 47.0 Å². The van der Waals surface area contributed by atoms with Gasteiger partial charge in [-0.05, 0) is 36.8 Å². The lowest BCUT2D eigenvalue weighted by molar-refractivity contribution is -0.119. The molecule has 2 aromatic rings. The second kappa shape index (κ2) is 8.75. The highest BCUT2D eigenvalue weighted by atomic mass is 32.2. The number of carbonyl (C=O) groups is 2. The van der Waals surface area contributed by atoms with Crippen molar-refractivity contribution < 1.29 is 14.3 Å². The molecule has 7 nitrogen and oxygen atoms in total. The van der Waals surface area contributed by atoms with Gasteiger partial charge in [0.25, 0.3) is 5.91 Å². The highest BCUT2D eigenvalue weighted by Crippen LogP contribution is 2.26. The van der Waals surface area contributed by atoms with Crippen LogP contribution in [0.25, 0.3) is 0 Å². The molecule has 134 valence electrons. The first kappa shape index (κ1) is 18.3. The van der Waals surface area contributed by atoms with Crippen molar-refractivity contribution in [2.75, 3.05) is 24.2 Å². The number of nitrogens with zero attached hydrogens (tertiary/aromatic N) is 2. The Balaban J connectivity index is 1.41. The number of thiophene rings is 1. The second-order valence-corrected chi connectivity index (χ2v) is 8.65. The summed E-state index contributed by atoms with van der Waals surface area (Å²) in [4.78, 5) is 24.5. The number of aryl methyl sites for hydroxylation is 1. The van der Waals surface area contributed by atoms with Crippen LogP contribution in [0.2, 0.25) is 0 Å². The van der Waals surface area contributed by atoms with Gasteiger partial charge in [-0.1, -0.05) is 23.1 Å². The minimum absolute atomic E-state index is 0.0599. The van der Waals surface area contributed by atoms with Gasteiger partial charge >= 0.3 is 0 Å². The largest absolute Gasteiger partial charge is 0.376 e. The average Bonchev–Trinajstić information content (AvgIpc) is 3.33. The van der Waals surface area contributed by atoms with E-state index in [1.807, 2.05) is 18.4 Å². The maximum absolute atomic E-state index is 12.1. The van der Waals surface area contributed by atoms with Crippen LogP contribution >= 0.6 is 34.4 Å². The van der Waals surface area contributed by atoms with Gasteiger partial charge < -0.3 is 10.1 Å². The molecule has 3 heterocycles. The average molecular weight is 399 g/mol. The Bertz CT molecular complexity index is 740. The molecule has 2 amide bonds. The number of ether oxygens (including phenoxy) is 1. The molecule has 2 N–H and O–H groups in total. The molecule has 0 aliphatic carbocycles. The van der Waals surface area contributed by atoms with Crippen molar-refractivity contribution in [1.82, 2.24) is 15.5 Å². The summed E-state index contributed by atoms with van der Waals surface area (Å²) >= 11 is 3.95. The van der Waals surface area contributed by atoms with Crippen molar-refractivity contribution in [2.24, 2.45) is 0 Å². The molecule has 1 saturated heterocycles. The van der Waals surface area contributed by atoms with Crippen molar-refractivity contribution >= 4 is 51.4 Å². The maximum atomic E-state index is 12.1. The van der Waals surface area contributed by atoms with Gasteiger partial charge in [0, 0.05) is 13.2 Å². The number of aromatic nitrogens is 2. The SMILES string of the molecule is Cc1csc(C(=O)Nc2nnc(SCC(=O)NCC3CCCO3)s2)c1. The van der Waals surface area contributed by atoms with Gasteiger partial charge in [-0.2, -0.15) is 0 Å². The van der Waals surface area contributed by atoms with Crippen molar-refractivity contribution in [1.29, 1.82) is 0 Å². The van der Waals surface area contributed by atoms with E-state index in [1.54, 1.807) is 0 Å². The van der Waals surface area contributed by atoms with Gasteiger partial charge in [-0.15, -0.1) is 21.5 Å². The van der Waals surface area contributed by atoms with E-state index in [4.69, 9.17) is 4.74 Å². The van der Waals surface area contributed by atoms with Gasteiger partial charge in [-0.25, -0.2) is 0 Å². The van der Waals surface area contributed by atoms with Gasteiger partial charge in [0.15, 0.2) is 4.34 Å². The summed E-state index contributed by atoms with van der Waals surface area (Å²) < 4.78 is 6.11. The van der Waals surface area contributed by atoms with E-state index >= 15 is 0 Å². The topological polar surface area (TPSA) is 93.2 Å². The minimum atomic E-state index is -0.194. The third kappa shape index (κ3) is 5.50. The third-order valence-electron chi connectivity index (χ3n) is 3.46. The van der Waals surface area contributed by atoms with E-state index in [2.05, 4.69) is 20.8 Å². The van der Waals surface area contributed by atoms with Crippen molar-refractivity contribution in [2.45, 2.75) is 30.2 Å². The predicted molar refractivity (Wildman–Crippen MR) is 99.6 cm³/mol. The fraction of sp³-hybridized carbons (Fsp3) is 0.467. The lowest BCUT2D eigenvalue weighted by Gasteiger charge is -2.09. The molecule has 0 radical (unpaired) electrons. The number of thioether (sulfide) groups is 1. The Morgan fingerprint density at radius 1 is 1.44 bits per heavy atom. The zero-order valence-electron chi connectivity index (χ0n) is 13.6. The van der Waals surface area contributed by atoms with E-state index < -0.39 is 0 Å². The first-order chi connectivity index (χ1) is 12.1. The highest BCUT2D eigenvalue weighted by molar-refractivity contribution is 8.01. The summed E-state index contributed by atoms with van der Waals surface area (Å²) in [5.74, 6) is 0.00910. The molecule has 1 aliphatic heterocycles. The molecule has 1 unspecified atom stereocenters. The fourth-order valence-electron chi connectivity index (χ4n) is 2.24. The number of carbonyl (C=O) groups excluding carboxylic acids is 2. The summed E-state index contributed by atoms with van der Waals surface area (Å²) in [6, 6.07) is 1.83. The first-order valence-electron chi connectivity index (χ1n) is 7.81. The Hall–Kier alpha value is -1.49. The molecule has 0 bridgehead atoms. The van der Waals surface area contributed by atoms with E-state index in [-0.39, 0.29) is 23.7 Å². The van der Waals surface area contributed by atoms with Crippen LogP contribution in [0.5, 0.6) is 0 Å². The number of rotatable bonds is 7. The molecule has 25 heavy (non-hydrogen) atoms. The molecule has 2 aromatic heterocycles. The fourth-order valence-corrected chi connectivity index (χ4v) is 4.61. The molecule has 3 rings (SSSR count). The van der Waals surface area contributed by atoms with Crippen LogP contribution in [0.15, 0.2) is 15.8 Å². The lowest BCUT2D eigenvalue weighted by Crippen LogP contribution is -2.32. The molecule has 0 spiro atoms. The predicted octanol–water partition coefficient (Wildman–Crippen LogP) is 2.55. The number of hydrogen-bond acceptors (Lipinski definition) is 8. The van der Waals surface area contributed by atoms with Crippen LogP contribution in [0.3, 0.4) is 0 Å². The maximum Gasteiger partial charge on any atom is 0.267 e. The van der Waals surface area contributed by atoms with Gasteiger partial charge in [0.05, 0.1) is 16.7 Å². The van der Waals surface area contributed by atoms with E-state index in [1.165, 1.54) is 34.4 Å². The zero-order chi connectivity index (χ0) is 17.6. The highest BCUT2D eigenvalue weighted by Gasteiger charge is 2.17. The molecule has 0 aromatic carbocycles. The Labute approximate surface area is 157 Å². The second-order valence-electron chi connectivity index (χ2n) is 5.54. The summed E-state index contributed by atoms with van der Waals surface area (Å²) in [6.07, 6.45) is 2.19. The van der Waals surface area contributed by atoms with E-state index in [0.717, 1.165) is 25.0 Å². The molecule has 1 aliphatic rings. The van der Waals surface area contributed by atoms with Gasteiger partial charge in [0.2, 0.25) is 11.0 Å². The van der Waals surface area contributed by atoms with Crippen LogP contribution < -0.4 is 10.6 Å². The normalized spacial score (nSPS) is 16.8. The van der Waals surface area contributed by atoms with Gasteiger partial charge in [0.1, 0.15) is 0 Å². The molecular weight excluding hydrogens is 380 g/mol. The molecule has 1 atom stereocenters. The minimum Gasteiger partial charge on any atom is -0.376 e. The lowest BCUT2D eigenvalue weighted by atomic mass is 10.2. The third-order valence-corrected chi connectivity index (χ3v) is 6.48. The summed E-state index contributed by atoms with van der Waals surface area (Å²) in [5.41, 5.74) is 1.05. The summed E-state index contributed by atoms with van der Waals surface area (Å²) in [5, 5.41) is 15.9. The van der Waals surface area contributed by atoms with Crippen LogP contribution in [0.4, 0.5) is 5.13 Å². The summed E-state index contributed by atoms with van der Waals surface area (Å²) in [7, 11) is 0. The number of hydrogen-bond donors (Lipinski definition) is 2. The van der Waals surface area contributed by atoms with Gasteiger partial charge in [-0.3, -0.25) is 14.9 Å². The van der Waals surface area contributed by atoms with E-state index in [9.17, 15) is 9.59 Å². The van der Waals surface area contributed by atoms with Crippen molar-refractivity contribution in [3.8, 4) is 0 Å².